The van der Waals surface area contributed by atoms with Gasteiger partial charge in [0.1, 0.15) is 0 Å². The zero-order valence-corrected chi connectivity index (χ0v) is 14.6. The van der Waals surface area contributed by atoms with Crippen LogP contribution in [0.5, 0.6) is 0 Å². The molecule has 1 rings (SSSR count). The van der Waals surface area contributed by atoms with Crippen LogP contribution in [0.4, 0.5) is 0 Å². The quantitative estimate of drug-likeness (QED) is 0.574. The van der Waals surface area contributed by atoms with Crippen molar-refractivity contribution in [2.75, 3.05) is 26.9 Å². The van der Waals surface area contributed by atoms with Crippen molar-refractivity contribution in [3.05, 3.63) is 0 Å². The predicted molar refractivity (Wildman–Crippen MR) is 77.8 cm³/mol. The summed E-state index contributed by atoms with van der Waals surface area (Å²) in [4.78, 5) is 0. The minimum Gasteiger partial charge on any atom is -0.324 e. The van der Waals surface area contributed by atoms with Crippen molar-refractivity contribution in [1.82, 2.24) is 0 Å². The van der Waals surface area contributed by atoms with Crippen molar-refractivity contribution in [2.24, 2.45) is 0 Å². The third-order valence-electron chi connectivity index (χ3n) is 3.79. The molecule has 1 heterocycles. The molecule has 0 aromatic heterocycles. The standard InChI is InChI=1S/C10H24N.CH4O5P2/c1-6-10(7-2)11(5,8-3)9-4;2-7-4-1-5-8(3)6-7/h10H,6-9H2,1-5H3;7-8H,1H2/q+1;. The van der Waals surface area contributed by atoms with Crippen LogP contribution in [0.2, 0.25) is 0 Å². The molecule has 1 aliphatic heterocycles. The van der Waals surface area contributed by atoms with Crippen molar-refractivity contribution >= 4 is 16.5 Å². The molecule has 2 unspecified atom stereocenters. The smallest absolute Gasteiger partial charge is 0.324 e. The highest BCUT2D eigenvalue weighted by Crippen LogP contribution is 2.44. The molecule has 0 spiro atoms. The zero-order valence-electron chi connectivity index (χ0n) is 12.6. The van der Waals surface area contributed by atoms with E-state index in [2.05, 4.69) is 48.1 Å². The number of hydrogen-bond donors (Lipinski definition) is 0. The maximum absolute atomic E-state index is 10.2. The first-order valence-electron chi connectivity index (χ1n) is 6.78. The second-order valence-corrected chi connectivity index (χ2v) is 6.98. The van der Waals surface area contributed by atoms with Gasteiger partial charge in [-0.1, -0.05) is 13.8 Å². The molecule has 116 valence electrons. The van der Waals surface area contributed by atoms with Crippen LogP contribution in [-0.4, -0.2) is 37.5 Å². The van der Waals surface area contributed by atoms with Crippen molar-refractivity contribution in [3.63, 3.8) is 0 Å². The molecule has 0 radical (unpaired) electrons. The van der Waals surface area contributed by atoms with E-state index in [0.29, 0.717) is 0 Å². The van der Waals surface area contributed by atoms with Crippen LogP contribution in [0.15, 0.2) is 0 Å². The van der Waals surface area contributed by atoms with Crippen molar-refractivity contribution < 1.29 is 27.0 Å². The summed E-state index contributed by atoms with van der Waals surface area (Å²) in [6, 6.07) is 0.866. The first-order chi connectivity index (χ1) is 8.93. The second kappa shape index (κ2) is 10.1. The molecule has 0 aliphatic carbocycles. The van der Waals surface area contributed by atoms with Gasteiger partial charge in [-0.15, -0.1) is 0 Å². The van der Waals surface area contributed by atoms with E-state index in [-0.39, 0.29) is 6.79 Å². The van der Waals surface area contributed by atoms with Gasteiger partial charge in [0.25, 0.3) is 0 Å². The SMILES string of the molecule is CCC(CC)[N+](C)(CC)CC.O=[PH]1OCO[PH](=O)O1. The van der Waals surface area contributed by atoms with Crippen molar-refractivity contribution in [1.29, 1.82) is 0 Å². The second-order valence-electron chi connectivity index (χ2n) is 4.59. The van der Waals surface area contributed by atoms with E-state index in [1.807, 2.05) is 0 Å². The number of rotatable bonds is 5. The van der Waals surface area contributed by atoms with E-state index in [4.69, 9.17) is 0 Å². The summed E-state index contributed by atoms with van der Waals surface area (Å²) in [5.74, 6) is 0. The van der Waals surface area contributed by atoms with Crippen molar-refractivity contribution in [3.8, 4) is 0 Å². The average molecular weight is 316 g/mol. The summed E-state index contributed by atoms with van der Waals surface area (Å²) in [5, 5.41) is 0. The van der Waals surface area contributed by atoms with Crippen LogP contribution in [0.1, 0.15) is 40.5 Å². The van der Waals surface area contributed by atoms with Crippen LogP contribution in [-0.2, 0) is 22.5 Å². The highest BCUT2D eigenvalue weighted by molar-refractivity contribution is 7.48. The molecule has 2 atom stereocenters. The van der Waals surface area contributed by atoms with Gasteiger partial charge in [0.2, 0.25) is 0 Å². The fourth-order valence-corrected chi connectivity index (χ4v) is 3.61. The maximum Gasteiger partial charge on any atom is 0.328 e. The molecule has 1 aliphatic rings. The van der Waals surface area contributed by atoms with E-state index in [1.54, 1.807) is 0 Å². The van der Waals surface area contributed by atoms with E-state index < -0.39 is 16.5 Å². The molecule has 0 aromatic rings. The van der Waals surface area contributed by atoms with Gasteiger partial charge in [0.15, 0.2) is 6.79 Å². The fourth-order valence-electron chi connectivity index (χ4n) is 2.16. The van der Waals surface area contributed by atoms with Gasteiger partial charge < -0.3 is 4.48 Å². The summed E-state index contributed by atoms with van der Waals surface area (Å²) >= 11 is 0. The van der Waals surface area contributed by atoms with Crippen LogP contribution < -0.4 is 0 Å². The van der Waals surface area contributed by atoms with E-state index in [9.17, 15) is 9.13 Å². The first kappa shape index (κ1) is 19.3. The molecule has 0 amide bonds. The molecule has 0 bridgehead atoms. The highest BCUT2D eigenvalue weighted by Gasteiger charge is 2.25. The number of quaternary nitrogens is 1. The lowest BCUT2D eigenvalue weighted by atomic mass is 10.1. The third kappa shape index (κ3) is 7.03. The fraction of sp³-hybridized carbons (Fsp3) is 1.00. The average Bonchev–Trinajstić information content (AvgIpc) is 2.40. The molecule has 8 heteroatoms. The van der Waals surface area contributed by atoms with Crippen LogP contribution in [0.3, 0.4) is 0 Å². The maximum atomic E-state index is 10.2. The summed E-state index contributed by atoms with van der Waals surface area (Å²) < 4.78 is 34.2. The van der Waals surface area contributed by atoms with Gasteiger partial charge in [-0.05, 0) is 26.7 Å². The van der Waals surface area contributed by atoms with Gasteiger partial charge in [0, 0.05) is 0 Å². The minimum atomic E-state index is -2.48. The first-order valence-corrected chi connectivity index (χ1v) is 9.23. The predicted octanol–water partition coefficient (Wildman–Crippen LogP) is 3.45. The summed E-state index contributed by atoms with van der Waals surface area (Å²) in [6.45, 7) is 11.5. The van der Waals surface area contributed by atoms with Crippen LogP contribution in [0, 0.1) is 0 Å². The largest absolute Gasteiger partial charge is 0.328 e. The van der Waals surface area contributed by atoms with Gasteiger partial charge in [0.05, 0.1) is 26.2 Å². The molecule has 6 nitrogen and oxygen atoms in total. The molecular weight excluding hydrogens is 288 g/mol. The van der Waals surface area contributed by atoms with Gasteiger partial charge in [-0.3, -0.25) is 18.2 Å². The topological polar surface area (TPSA) is 61.8 Å². The number of nitrogens with zero attached hydrogens (tertiary/aromatic N) is 1. The Morgan fingerprint density at radius 3 is 1.58 bits per heavy atom. The summed E-state index contributed by atoms with van der Waals surface area (Å²) in [7, 11) is -2.60. The molecule has 1 saturated heterocycles. The Bertz CT molecular complexity index is 279. The molecule has 0 saturated carbocycles. The molecule has 19 heavy (non-hydrogen) atoms. The zero-order chi connectivity index (χ0) is 14.9. The lowest BCUT2D eigenvalue weighted by molar-refractivity contribution is -0.930. The lowest BCUT2D eigenvalue weighted by Gasteiger charge is -2.39. The Kier molecular flexibility index (Phi) is 10.2. The Morgan fingerprint density at radius 1 is 1.00 bits per heavy atom. The van der Waals surface area contributed by atoms with Gasteiger partial charge in [-0.2, -0.15) is 0 Å². The van der Waals surface area contributed by atoms with E-state index in [0.717, 1.165) is 6.04 Å². The van der Waals surface area contributed by atoms with Crippen molar-refractivity contribution in [2.45, 2.75) is 46.6 Å². The van der Waals surface area contributed by atoms with E-state index >= 15 is 0 Å². The molecule has 1 fully saturated rings. The third-order valence-corrected chi connectivity index (χ3v) is 5.83. The van der Waals surface area contributed by atoms with Gasteiger partial charge >= 0.3 is 16.5 Å². The van der Waals surface area contributed by atoms with E-state index in [1.165, 1.54) is 30.4 Å². The van der Waals surface area contributed by atoms with Gasteiger partial charge in [-0.25, -0.2) is 4.31 Å². The Morgan fingerprint density at radius 2 is 1.42 bits per heavy atom. The van der Waals surface area contributed by atoms with Crippen LogP contribution >= 0.6 is 16.5 Å². The number of hydrogen-bond acceptors (Lipinski definition) is 5. The molecular formula is C11H28NO5P2+. The molecule has 0 aromatic carbocycles. The Balaban J connectivity index is 0.000000356. The lowest BCUT2D eigenvalue weighted by Crippen LogP contribution is -2.51. The Hall–Kier alpha value is 0.300. The minimum absolute atomic E-state index is 0.185. The summed E-state index contributed by atoms with van der Waals surface area (Å²) in [6.07, 6.45) is 2.63. The van der Waals surface area contributed by atoms with Crippen LogP contribution in [0.25, 0.3) is 0 Å². The molecule has 0 N–H and O–H groups in total. The summed E-state index contributed by atoms with van der Waals surface area (Å²) in [5.41, 5.74) is 0. The monoisotopic (exact) mass is 316 g/mol. The Labute approximate surface area is 117 Å². The normalized spacial score (nSPS) is 23.9. The highest BCUT2D eigenvalue weighted by atomic mass is 31.2.